The average molecular weight is 339 g/mol. The molecule has 0 radical (unpaired) electrons. The van der Waals surface area contributed by atoms with Gasteiger partial charge in [-0.25, -0.2) is 4.98 Å². The molecule has 0 bridgehead atoms. The molecule has 2 heterocycles. The average Bonchev–Trinajstić information content (AvgIpc) is 2.62. The van der Waals surface area contributed by atoms with Crippen molar-refractivity contribution in [2.45, 2.75) is 13.5 Å². The van der Waals surface area contributed by atoms with E-state index in [4.69, 9.17) is 9.47 Å². The molecular weight excluding hydrogens is 318 g/mol. The Hall–Kier alpha value is -3.02. The van der Waals surface area contributed by atoms with E-state index >= 15 is 0 Å². The van der Waals surface area contributed by atoms with Crippen molar-refractivity contribution >= 4 is 11.3 Å². The van der Waals surface area contributed by atoms with Crippen LogP contribution in [0.15, 0.2) is 47.4 Å². The van der Waals surface area contributed by atoms with Gasteiger partial charge in [0.25, 0.3) is 5.56 Å². The lowest BCUT2D eigenvalue weighted by Gasteiger charge is -2.20. The second-order valence-corrected chi connectivity index (χ2v) is 5.87. The van der Waals surface area contributed by atoms with Crippen LogP contribution in [0.5, 0.6) is 11.5 Å². The Bertz CT molecular complexity index is 966. The van der Waals surface area contributed by atoms with Crippen molar-refractivity contribution in [2.24, 2.45) is 0 Å². The quantitative estimate of drug-likeness (QED) is 0.715. The second kappa shape index (κ2) is 6.84. The van der Waals surface area contributed by atoms with Crippen LogP contribution in [-0.2, 0) is 6.54 Å². The van der Waals surface area contributed by atoms with Crippen molar-refractivity contribution in [3.05, 3.63) is 64.2 Å². The van der Waals surface area contributed by atoms with Crippen LogP contribution >= 0.6 is 0 Å². The molecule has 0 saturated carbocycles. The van der Waals surface area contributed by atoms with Crippen molar-refractivity contribution in [1.29, 1.82) is 0 Å². The van der Waals surface area contributed by atoms with Gasteiger partial charge in [0.2, 0.25) is 0 Å². The maximum atomic E-state index is 12.3. The number of ether oxygens (including phenoxy) is 2. The molecular formula is C19H21N3O3. The molecule has 0 aliphatic heterocycles. The highest BCUT2D eigenvalue weighted by Gasteiger charge is 2.10. The van der Waals surface area contributed by atoms with Gasteiger partial charge in [0.1, 0.15) is 5.65 Å². The highest BCUT2D eigenvalue weighted by Crippen LogP contribution is 2.31. The van der Waals surface area contributed by atoms with Gasteiger partial charge < -0.3 is 14.4 Å². The number of hydrogen-bond acceptors (Lipinski definition) is 5. The predicted octanol–water partition coefficient (Wildman–Crippen LogP) is 2.66. The number of pyridine rings is 1. The standard InChI is InChI=1S/C19H21N3O3/c1-13-6-5-9-22-18(23)10-14(20-19(13)22)12-21(2)15-7-8-16(24-3)17(11-15)25-4/h5-11H,12H2,1-4H3. The minimum Gasteiger partial charge on any atom is -0.493 e. The molecule has 0 aliphatic rings. The zero-order chi connectivity index (χ0) is 18.0. The highest BCUT2D eigenvalue weighted by atomic mass is 16.5. The lowest BCUT2D eigenvalue weighted by atomic mass is 10.2. The van der Waals surface area contributed by atoms with E-state index in [9.17, 15) is 4.79 Å². The Kier molecular flexibility index (Phi) is 4.61. The first kappa shape index (κ1) is 16.8. The van der Waals surface area contributed by atoms with E-state index in [0.717, 1.165) is 16.9 Å². The number of methoxy groups -OCH3 is 2. The molecule has 0 amide bonds. The van der Waals surface area contributed by atoms with Gasteiger partial charge in [0.15, 0.2) is 11.5 Å². The number of fused-ring (bicyclic) bond motifs is 1. The molecule has 2 aromatic heterocycles. The number of aromatic nitrogens is 2. The zero-order valence-corrected chi connectivity index (χ0v) is 14.8. The molecule has 130 valence electrons. The summed E-state index contributed by atoms with van der Waals surface area (Å²) in [6.07, 6.45) is 1.74. The van der Waals surface area contributed by atoms with Gasteiger partial charge in [-0.05, 0) is 30.7 Å². The van der Waals surface area contributed by atoms with Crippen molar-refractivity contribution in [3.8, 4) is 11.5 Å². The third-order valence-electron chi connectivity index (χ3n) is 4.15. The molecule has 0 spiro atoms. The Balaban J connectivity index is 1.93. The molecule has 6 nitrogen and oxygen atoms in total. The number of nitrogens with zero attached hydrogens (tertiary/aromatic N) is 3. The first-order chi connectivity index (χ1) is 12.0. The van der Waals surface area contributed by atoms with Crippen molar-refractivity contribution in [2.75, 3.05) is 26.2 Å². The fourth-order valence-electron chi connectivity index (χ4n) is 2.79. The summed E-state index contributed by atoms with van der Waals surface area (Å²) in [5, 5.41) is 0. The minimum atomic E-state index is -0.0792. The molecule has 1 aromatic carbocycles. The van der Waals surface area contributed by atoms with Crippen molar-refractivity contribution < 1.29 is 9.47 Å². The lowest BCUT2D eigenvalue weighted by molar-refractivity contribution is 0.355. The summed E-state index contributed by atoms with van der Waals surface area (Å²) in [4.78, 5) is 19.0. The highest BCUT2D eigenvalue weighted by molar-refractivity contribution is 5.56. The Morgan fingerprint density at radius 2 is 1.88 bits per heavy atom. The van der Waals surface area contributed by atoms with Gasteiger partial charge in [-0.2, -0.15) is 0 Å². The van der Waals surface area contributed by atoms with Crippen LogP contribution in [-0.4, -0.2) is 30.7 Å². The number of aryl methyl sites for hydroxylation is 1. The van der Waals surface area contributed by atoms with E-state index in [2.05, 4.69) is 4.98 Å². The third kappa shape index (κ3) is 3.28. The van der Waals surface area contributed by atoms with Gasteiger partial charge in [-0.3, -0.25) is 9.20 Å². The molecule has 3 aromatic rings. The molecule has 0 fully saturated rings. The predicted molar refractivity (Wildman–Crippen MR) is 97.9 cm³/mol. The summed E-state index contributed by atoms with van der Waals surface area (Å²) in [6.45, 7) is 2.46. The molecule has 0 saturated heterocycles. The summed E-state index contributed by atoms with van der Waals surface area (Å²) in [6, 6.07) is 11.1. The Morgan fingerprint density at radius 3 is 2.60 bits per heavy atom. The third-order valence-corrected chi connectivity index (χ3v) is 4.15. The summed E-state index contributed by atoms with van der Waals surface area (Å²) < 4.78 is 12.2. The number of rotatable bonds is 5. The zero-order valence-electron chi connectivity index (χ0n) is 14.8. The van der Waals surface area contributed by atoms with Gasteiger partial charge in [-0.1, -0.05) is 6.07 Å². The van der Waals surface area contributed by atoms with E-state index in [-0.39, 0.29) is 5.56 Å². The molecule has 3 rings (SSSR count). The maximum Gasteiger partial charge on any atom is 0.258 e. The Morgan fingerprint density at radius 1 is 1.12 bits per heavy atom. The van der Waals surface area contributed by atoms with E-state index in [1.165, 1.54) is 0 Å². The van der Waals surface area contributed by atoms with Crippen LogP contribution in [0, 0.1) is 6.92 Å². The van der Waals surface area contributed by atoms with Gasteiger partial charge >= 0.3 is 0 Å². The monoisotopic (exact) mass is 339 g/mol. The van der Waals surface area contributed by atoms with Gasteiger partial charge in [-0.15, -0.1) is 0 Å². The van der Waals surface area contributed by atoms with Crippen LogP contribution in [0.1, 0.15) is 11.3 Å². The summed E-state index contributed by atoms with van der Waals surface area (Å²) in [5.74, 6) is 1.34. The second-order valence-electron chi connectivity index (χ2n) is 5.87. The molecule has 6 heteroatoms. The summed E-state index contributed by atoms with van der Waals surface area (Å²) >= 11 is 0. The molecule has 0 atom stereocenters. The van der Waals surface area contributed by atoms with E-state index in [0.29, 0.717) is 23.7 Å². The first-order valence-corrected chi connectivity index (χ1v) is 7.94. The topological polar surface area (TPSA) is 56.1 Å². The van der Waals surface area contributed by atoms with E-state index < -0.39 is 0 Å². The SMILES string of the molecule is COc1ccc(N(C)Cc2cc(=O)n3cccc(C)c3n2)cc1OC. The van der Waals surface area contributed by atoms with Crippen LogP contribution in [0.4, 0.5) is 5.69 Å². The van der Waals surface area contributed by atoms with Crippen LogP contribution in [0.2, 0.25) is 0 Å². The molecule has 0 aliphatic carbocycles. The first-order valence-electron chi connectivity index (χ1n) is 7.94. The molecule has 0 unspecified atom stereocenters. The molecule has 25 heavy (non-hydrogen) atoms. The number of benzene rings is 1. The van der Waals surface area contributed by atoms with Crippen LogP contribution < -0.4 is 19.9 Å². The fourth-order valence-corrected chi connectivity index (χ4v) is 2.79. The normalized spacial score (nSPS) is 10.7. The van der Waals surface area contributed by atoms with E-state index in [1.54, 1.807) is 30.9 Å². The Labute approximate surface area is 146 Å². The van der Waals surface area contributed by atoms with Crippen molar-refractivity contribution in [1.82, 2.24) is 9.38 Å². The van der Waals surface area contributed by atoms with Crippen LogP contribution in [0.25, 0.3) is 5.65 Å². The van der Waals surface area contributed by atoms with E-state index in [1.807, 2.05) is 49.2 Å². The maximum absolute atomic E-state index is 12.3. The lowest BCUT2D eigenvalue weighted by Crippen LogP contribution is -2.22. The molecule has 0 N–H and O–H groups in total. The van der Waals surface area contributed by atoms with Crippen molar-refractivity contribution in [3.63, 3.8) is 0 Å². The van der Waals surface area contributed by atoms with Gasteiger partial charge in [0, 0.05) is 31.1 Å². The smallest absolute Gasteiger partial charge is 0.258 e. The minimum absolute atomic E-state index is 0.0792. The largest absolute Gasteiger partial charge is 0.493 e. The van der Waals surface area contributed by atoms with Gasteiger partial charge in [0.05, 0.1) is 26.5 Å². The summed E-state index contributed by atoms with van der Waals surface area (Å²) in [5.41, 5.74) is 3.24. The number of hydrogen-bond donors (Lipinski definition) is 0. The fraction of sp³-hybridized carbons (Fsp3) is 0.263. The van der Waals surface area contributed by atoms with Crippen LogP contribution in [0.3, 0.4) is 0 Å². The summed E-state index contributed by atoms with van der Waals surface area (Å²) in [7, 11) is 5.16. The number of anilines is 1.